The molecule has 1 amide bonds. The van der Waals surface area contributed by atoms with E-state index < -0.39 is 11.7 Å². The van der Waals surface area contributed by atoms with Gasteiger partial charge in [0.15, 0.2) is 5.69 Å². The van der Waals surface area contributed by atoms with Gasteiger partial charge in [-0.1, -0.05) is 18.2 Å². The van der Waals surface area contributed by atoms with E-state index in [1.807, 2.05) is 18.2 Å². The fraction of sp³-hybridized carbons (Fsp3) is 0.300. The van der Waals surface area contributed by atoms with E-state index in [2.05, 4.69) is 15.0 Å². The maximum absolute atomic E-state index is 12.8. The van der Waals surface area contributed by atoms with Crippen molar-refractivity contribution in [1.82, 2.24) is 19.9 Å². The van der Waals surface area contributed by atoms with E-state index in [9.17, 15) is 14.7 Å². The molecule has 2 N–H and O–H groups in total. The van der Waals surface area contributed by atoms with Crippen molar-refractivity contribution in [3.8, 4) is 0 Å². The number of benzene rings is 1. The summed E-state index contributed by atoms with van der Waals surface area (Å²) in [6.07, 6.45) is 2.31. The smallest absolute Gasteiger partial charge is 0.280 e. The van der Waals surface area contributed by atoms with Gasteiger partial charge in [0.2, 0.25) is 0 Å². The Morgan fingerprint density at radius 2 is 1.89 bits per heavy atom. The maximum Gasteiger partial charge on any atom is 0.280 e. The SMILES string of the molecule is O=C(c1nc2ccccc2[nH]c1=O)N1CCC([C@@H](O)c2ccccn2)CC1. The third-order valence-electron chi connectivity index (χ3n) is 5.07. The fourth-order valence-corrected chi connectivity index (χ4v) is 3.53. The molecule has 3 heterocycles. The van der Waals surface area contributed by atoms with Gasteiger partial charge in [-0.25, -0.2) is 4.98 Å². The van der Waals surface area contributed by atoms with Crippen molar-refractivity contribution in [3.05, 3.63) is 70.4 Å². The molecule has 0 aliphatic carbocycles. The van der Waals surface area contributed by atoms with E-state index >= 15 is 0 Å². The molecule has 4 rings (SSSR count). The Balaban J connectivity index is 1.47. The molecule has 1 atom stereocenters. The lowest BCUT2D eigenvalue weighted by Crippen LogP contribution is -2.42. The van der Waals surface area contributed by atoms with E-state index in [0.717, 1.165) is 0 Å². The number of hydrogen-bond donors (Lipinski definition) is 2. The number of fused-ring (bicyclic) bond motifs is 1. The van der Waals surface area contributed by atoms with Crippen LogP contribution in [-0.4, -0.2) is 44.0 Å². The van der Waals surface area contributed by atoms with Crippen LogP contribution in [-0.2, 0) is 0 Å². The monoisotopic (exact) mass is 364 g/mol. The number of aromatic nitrogens is 3. The molecule has 1 aromatic carbocycles. The van der Waals surface area contributed by atoms with Gasteiger partial charge in [0, 0.05) is 19.3 Å². The number of nitrogens with one attached hydrogen (secondary N) is 1. The van der Waals surface area contributed by atoms with Crippen LogP contribution in [0.25, 0.3) is 11.0 Å². The zero-order chi connectivity index (χ0) is 18.8. The Morgan fingerprint density at radius 1 is 1.15 bits per heavy atom. The first-order valence-corrected chi connectivity index (χ1v) is 9.01. The molecule has 138 valence electrons. The van der Waals surface area contributed by atoms with Crippen molar-refractivity contribution in [2.75, 3.05) is 13.1 Å². The van der Waals surface area contributed by atoms with E-state index in [1.165, 1.54) is 0 Å². The molecule has 3 aromatic rings. The van der Waals surface area contributed by atoms with E-state index in [0.29, 0.717) is 42.7 Å². The van der Waals surface area contributed by atoms with Gasteiger partial charge in [-0.05, 0) is 43.0 Å². The van der Waals surface area contributed by atoms with Crippen LogP contribution < -0.4 is 5.56 Å². The normalized spacial score (nSPS) is 16.4. The lowest BCUT2D eigenvalue weighted by molar-refractivity contribution is 0.0443. The maximum atomic E-state index is 12.8. The lowest BCUT2D eigenvalue weighted by Gasteiger charge is -2.33. The minimum atomic E-state index is -0.648. The summed E-state index contributed by atoms with van der Waals surface area (Å²) in [7, 11) is 0. The number of carbonyl (C=O) groups excluding carboxylic acids is 1. The molecule has 1 aliphatic rings. The van der Waals surface area contributed by atoms with Crippen LogP contribution >= 0.6 is 0 Å². The molecule has 1 aliphatic heterocycles. The van der Waals surface area contributed by atoms with Crippen LogP contribution in [0, 0.1) is 5.92 Å². The Labute approximate surface area is 155 Å². The molecule has 0 saturated carbocycles. The number of piperidine rings is 1. The van der Waals surface area contributed by atoms with Crippen LogP contribution in [0.2, 0.25) is 0 Å². The van der Waals surface area contributed by atoms with Crippen molar-refractivity contribution < 1.29 is 9.90 Å². The Bertz CT molecular complexity index is 1010. The molecule has 0 spiro atoms. The minimum absolute atomic E-state index is 0.0341. The average molecular weight is 364 g/mol. The molecule has 0 unspecified atom stereocenters. The van der Waals surface area contributed by atoms with E-state index in [1.54, 1.807) is 35.4 Å². The fourth-order valence-electron chi connectivity index (χ4n) is 3.53. The molecule has 0 bridgehead atoms. The van der Waals surface area contributed by atoms with Crippen molar-refractivity contribution >= 4 is 16.9 Å². The quantitative estimate of drug-likeness (QED) is 0.739. The van der Waals surface area contributed by atoms with E-state index in [-0.39, 0.29) is 17.5 Å². The predicted octanol–water partition coefficient (Wildman–Crippen LogP) is 1.90. The zero-order valence-corrected chi connectivity index (χ0v) is 14.7. The summed E-state index contributed by atoms with van der Waals surface area (Å²) in [5.41, 5.74) is 1.28. The van der Waals surface area contributed by atoms with Crippen molar-refractivity contribution in [2.24, 2.45) is 5.92 Å². The van der Waals surface area contributed by atoms with Gasteiger partial charge in [-0.3, -0.25) is 14.6 Å². The second-order valence-electron chi connectivity index (χ2n) is 6.76. The van der Waals surface area contributed by atoms with Gasteiger partial charge < -0.3 is 15.0 Å². The molecule has 1 saturated heterocycles. The number of aliphatic hydroxyl groups excluding tert-OH is 1. The summed E-state index contributed by atoms with van der Waals surface area (Å²) in [5, 5.41) is 10.5. The number of amides is 1. The van der Waals surface area contributed by atoms with Crippen LogP contribution in [0.3, 0.4) is 0 Å². The highest BCUT2D eigenvalue weighted by atomic mass is 16.3. The number of likely N-dealkylation sites (tertiary alicyclic amines) is 1. The molecule has 0 radical (unpaired) electrons. The number of para-hydroxylation sites is 2. The van der Waals surface area contributed by atoms with Gasteiger partial charge in [0.25, 0.3) is 11.5 Å². The number of aliphatic hydroxyl groups is 1. The number of nitrogens with zero attached hydrogens (tertiary/aromatic N) is 3. The van der Waals surface area contributed by atoms with Crippen molar-refractivity contribution in [2.45, 2.75) is 18.9 Å². The summed E-state index contributed by atoms with van der Waals surface area (Å²) in [4.78, 5) is 37.9. The molecule has 7 nitrogen and oxygen atoms in total. The second-order valence-corrected chi connectivity index (χ2v) is 6.76. The van der Waals surface area contributed by atoms with Gasteiger partial charge >= 0.3 is 0 Å². The highest BCUT2D eigenvalue weighted by Gasteiger charge is 2.30. The Kier molecular flexibility index (Phi) is 4.68. The predicted molar refractivity (Wildman–Crippen MR) is 100 cm³/mol. The molecule has 27 heavy (non-hydrogen) atoms. The minimum Gasteiger partial charge on any atom is -0.387 e. The number of rotatable bonds is 3. The largest absolute Gasteiger partial charge is 0.387 e. The molecular formula is C20H20N4O3. The third-order valence-corrected chi connectivity index (χ3v) is 5.07. The molecule has 7 heteroatoms. The molecule has 1 fully saturated rings. The van der Waals surface area contributed by atoms with Crippen LogP contribution in [0.15, 0.2) is 53.5 Å². The average Bonchev–Trinajstić information content (AvgIpc) is 2.73. The van der Waals surface area contributed by atoms with Gasteiger partial charge in [-0.2, -0.15) is 0 Å². The number of carbonyl (C=O) groups is 1. The zero-order valence-electron chi connectivity index (χ0n) is 14.7. The number of aromatic amines is 1. The lowest BCUT2D eigenvalue weighted by atomic mass is 9.89. The standard InChI is InChI=1S/C20H20N4O3/c25-18(16-7-3-4-10-21-16)13-8-11-24(12-9-13)20(27)17-19(26)23-15-6-2-1-5-14(15)22-17/h1-7,10,13,18,25H,8-9,11-12H2,(H,23,26)/t18-/m1/s1. The van der Waals surface area contributed by atoms with Crippen molar-refractivity contribution in [3.63, 3.8) is 0 Å². The molecular weight excluding hydrogens is 344 g/mol. The third kappa shape index (κ3) is 3.46. The summed E-state index contributed by atoms with van der Waals surface area (Å²) in [5.74, 6) is -0.334. The first-order chi connectivity index (χ1) is 13.1. The van der Waals surface area contributed by atoms with Crippen LogP contribution in [0.1, 0.15) is 35.1 Å². The Hall–Kier alpha value is -3.06. The van der Waals surface area contributed by atoms with Gasteiger partial charge in [-0.15, -0.1) is 0 Å². The van der Waals surface area contributed by atoms with Crippen LogP contribution in [0.4, 0.5) is 0 Å². The Morgan fingerprint density at radius 3 is 2.63 bits per heavy atom. The van der Waals surface area contributed by atoms with Gasteiger partial charge in [0.1, 0.15) is 0 Å². The highest BCUT2D eigenvalue weighted by molar-refractivity contribution is 5.93. The first kappa shape index (κ1) is 17.4. The highest BCUT2D eigenvalue weighted by Crippen LogP contribution is 2.29. The number of H-pyrrole nitrogens is 1. The topological polar surface area (TPSA) is 99.2 Å². The summed E-state index contributed by atoms with van der Waals surface area (Å²) in [6, 6.07) is 12.6. The van der Waals surface area contributed by atoms with E-state index in [4.69, 9.17) is 0 Å². The summed E-state index contributed by atoms with van der Waals surface area (Å²) >= 11 is 0. The second kappa shape index (κ2) is 7.28. The van der Waals surface area contributed by atoms with Crippen LogP contribution in [0.5, 0.6) is 0 Å². The summed E-state index contributed by atoms with van der Waals surface area (Å²) in [6.45, 7) is 0.947. The summed E-state index contributed by atoms with van der Waals surface area (Å²) < 4.78 is 0. The number of hydrogen-bond acceptors (Lipinski definition) is 5. The van der Waals surface area contributed by atoms with Crippen molar-refractivity contribution in [1.29, 1.82) is 0 Å². The van der Waals surface area contributed by atoms with Gasteiger partial charge in [0.05, 0.1) is 22.8 Å². The number of pyridine rings is 1. The molecule has 2 aromatic heterocycles. The first-order valence-electron chi connectivity index (χ1n) is 9.01.